The van der Waals surface area contributed by atoms with Crippen LogP contribution in [-0.4, -0.2) is 32.7 Å². The second-order valence-electron chi connectivity index (χ2n) is 7.22. The Labute approximate surface area is 167 Å². The first-order valence-corrected chi connectivity index (χ1v) is 9.41. The third-order valence-corrected chi connectivity index (χ3v) is 4.43. The van der Waals surface area contributed by atoms with Crippen molar-refractivity contribution >= 4 is 17.5 Å². The molecule has 2 N–H and O–H groups in total. The van der Waals surface area contributed by atoms with E-state index in [1.807, 2.05) is 20.8 Å². The van der Waals surface area contributed by atoms with Gasteiger partial charge in [0, 0.05) is 6.42 Å². The highest BCUT2D eigenvalue weighted by atomic mass is 35.5. The molecule has 2 aromatic rings. The molecule has 0 aliphatic rings. The van der Waals surface area contributed by atoms with Crippen molar-refractivity contribution in [2.24, 2.45) is 5.92 Å². The van der Waals surface area contributed by atoms with Crippen LogP contribution >= 0.6 is 11.6 Å². The van der Waals surface area contributed by atoms with Gasteiger partial charge in [-0.05, 0) is 47.6 Å². The Morgan fingerprint density at radius 1 is 1.07 bits per heavy atom. The summed E-state index contributed by atoms with van der Waals surface area (Å²) in [6.07, 6.45) is -3.24. The van der Waals surface area contributed by atoms with Gasteiger partial charge in [0.1, 0.15) is 5.82 Å². The molecule has 5 nitrogen and oxygen atoms in total. The molecule has 2 rings (SSSR count). The average Bonchev–Trinajstić information content (AvgIpc) is 2.59. The lowest BCUT2D eigenvalue weighted by atomic mass is 9.96. The monoisotopic (exact) mass is 416 g/mol. The zero-order chi connectivity index (χ0) is 20.9. The van der Waals surface area contributed by atoms with E-state index in [2.05, 4.69) is 20.3 Å². The molecular formula is C19H24ClF3N4O. The van der Waals surface area contributed by atoms with Gasteiger partial charge < -0.3 is 10.4 Å². The van der Waals surface area contributed by atoms with Crippen LogP contribution in [0.25, 0.3) is 0 Å². The number of halogens is 4. The van der Waals surface area contributed by atoms with Crippen LogP contribution < -0.4 is 5.32 Å². The van der Waals surface area contributed by atoms with Gasteiger partial charge in [0.15, 0.2) is 0 Å². The van der Waals surface area contributed by atoms with Gasteiger partial charge in [0.25, 0.3) is 0 Å². The topological polar surface area (TPSA) is 70.9 Å². The fourth-order valence-electron chi connectivity index (χ4n) is 2.87. The lowest BCUT2D eigenvalue weighted by Gasteiger charge is -2.19. The Morgan fingerprint density at radius 2 is 1.71 bits per heavy atom. The van der Waals surface area contributed by atoms with Crippen LogP contribution in [-0.2, 0) is 12.6 Å². The Morgan fingerprint density at radius 3 is 2.25 bits per heavy atom. The maximum absolute atomic E-state index is 12.7. The molecule has 1 unspecified atom stereocenters. The SMILES string of the molecule is CC(C)C[C@H](CO)Nc1nc(Cl)nc(CC(C)c2ccc(C(F)(F)F)cc2)n1. The Hall–Kier alpha value is -1.93. The predicted octanol–water partition coefficient (Wildman–Crippen LogP) is 4.71. The van der Waals surface area contributed by atoms with Gasteiger partial charge in [0.05, 0.1) is 18.2 Å². The standard InChI is InChI=1S/C19H24ClF3N4O/c1-11(2)8-15(10-28)24-18-26-16(25-17(20)27-18)9-12(3)13-4-6-14(7-5-13)19(21,22)23/h4-7,11-12,15,28H,8-10H2,1-3H3,(H,24,25,26,27)/t12?,15-/m1/s1. The molecule has 0 spiro atoms. The van der Waals surface area contributed by atoms with Gasteiger partial charge in [-0.2, -0.15) is 23.1 Å². The molecule has 28 heavy (non-hydrogen) atoms. The molecule has 0 radical (unpaired) electrons. The number of aromatic nitrogens is 3. The second-order valence-corrected chi connectivity index (χ2v) is 7.56. The minimum atomic E-state index is -4.36. The second kappa shape index (κ2) is 9.52. The number of hydrogen-bond donors (Lipinski definition) is 2. The van der Waals surface area contributed by atoms with Crippen LogP contribution in [0.15, 0.2) is 24.3 Å². The van der Waals surface area contributed by atoms with E-state index in [9.17, 15) is 18.3 Å². The minimum Gasteiger partial charge on any atom is -0.394 e. The molecule has 0 bridgehead atoms. The van der Waals surface area contributed by atoms with Crippen LogP contribution in [0.2, 0.25) is 5.28 Å². The minimum absolute atomic E-state index is 0.0216. The molecule has 0 aliphatic carbocycles. The van der Waals surface area contributed by atoms with E-state index in [-0.39, 0.29) is 29.8 Å². The van der Waals surface area contributed by atoms with E-state index in [0.29, 0.717) is 18.2 Å². The Bertz CT molecular complexity index is 769. The van der Waals surface area contributed by atoms with Crippen molar-refractivity contribution in [3.05, 3.63) is 46.5 Å². The van der Waals surface area contributed by atoms with Gasteiger partial charge >= 0.3 is 6.18 Å². The first-order chi connectivity index (χ1) is 13.1. The Kier molecular flexibility index (Phi) is 7.60. The summed E-state index contributed by atoms with van der Waals surface area (Å²) in [7, 11) is 0. The van der Waals surface area contributed by atoms with Crippen LogP contribution in [0, 0.1) is 5.92 Å². The van der Waals surface area contributed by atoms with E-state index < -0.39 is 11.7 Å². The van der Waals surface area contributed by atoms with Crippen molar-refractivity contribution in [2.45, 2.75) is 51.7 Å². The normalized spacial score (nSPS) is 14.2. The van der Waals surface area contributed by atoms with E-state index in [0.717, 1.165) is 24.1 Å². The summed E-state index contributed by atoms with van der Waals surface area (Å²) in [5.41, 5.74) is 0.0606. The lowest BCUT2D eigenvalue weighted by molar-refractivity contribution is -0.137. The molecular weight excluding hydrogens is 393 g/mol. The first kappa shape index (κ1) is 22.4. The summed E-state index contributed by atoms with van der Waals surface area (Å²) < 4.78 is 38.1. The van der Waals surface area contributed by atoms with E-state index in [1.165, 1.54) is 12.1 Å². The highest BCUT2D eigenvalue weighted by Gasteiger charge is 2.30. The third kappa shape index (κ3) is 6.60. The molecule has 0 saturated heterocycles. The number of nitrogens with one attached hydrogen (secondary N) is 1. The number of alkyl halides is 3. The molecule has 0 aliphatic heterocycles. The number of rotatable bonds is 8. The molecule has 2 atom stereocenters. The average molecular weight is 417 g/mol. The van der Waals surface area contributed by atoms with Crippen LogP contribution in [0.3, 0.4) is 0 Å². The maximum atomic E-state index is 12.7. The fraction of sp³-hybridized carbons (Fsp3) is 0.526. The molecule has 0 saturated carbocycles. The molecule has 1 heterocycles. The lowest BCUT2D eigenvalue weighted by Crippen LogP contribution is -2.27. The van der Waals surface area contributed by atoms with Crippen molar-refractivity contribution < 1.29 is 18.3 Å². The van der Waals surface area contributed by atoms with Crippen molar-refractivity contribution in [2.75, 3.05) is 11.9 Å². The van der Waals surface area contributed by atoms with Gasteiger partial charge in [-0.15, -0.1) is 0 Å². The number of nitrogens with zero attached hydrogens (tertiary/aromatic N) is 3. The first-order valence-electron chi connectivity index (χ1n) is 9.03. The van der Waals surface area contributed by atoms with Gasteiger partial charge in [-0.3, -0.25) is 0 Å². The molecule has 154 valence electrons. The number of benzene rings is 1. The number of anilines is 1. The fourth-order valence-corrected chi connectivity index (χ4v) is 3.05. The quantitative estimate of drug-likeness (QED) is 0.652. The summed E-state index contributed by atoms with van der Waals surface area (Å²) >= 11 is 5.99. The predicted molar refractivity (Wildman–Crippen MR) is 102 cm³/mol. The highest BCUT2D eigenvalue weighted by Crippen LogP contribution is 2.30. The maximum Gasteiger partial charge on any atom is 0.416 e. The highest BCUT2D eigenvalue weighted by molar-refractivity contribution is 6.28. The zero-order valence-electron chi connectivity index (χ0n) is 16.0. The third-order valence-electron chi connectivity index (χ3n) is 4.26. The smallest absolute Gasteiger partial charge is 0.394 e. The molecule has 1 aromatic carbocycles. The summed E-state index contributed by atoms with van der Waals surface area (Å²) in [6.45, 7) is 5.89. The van der Waals surface area contributed by atoms with Crippen LogP contribution in [0.4, 0.5) is 19.1 Å². The summed E-state index contributed by atoms with van der Waals surface area (Å²) in [5.74, 6) is 0.962. The van der Waals surface area contributed by atoms with Crippen LogP contribution in [0.5, 0.6) is 0 Å². The van der Waals surface area contributed by atoms with Gasteiger partial charge in [-0.25, -0.2) is 4.98 Å². The number of aliphatic hydroxyl groups is 1. The van der Waals surface area contributed by atoms with Gasteiger partial charge in [-0.1, -0.05) is 32.9 Å². The zero-order valence-corrected chi connectivity index (χ0v) is 16.7. The van der Waals surface area contributed by atoms with Crippen LogP contribution in [0.1, 0.15) is 50.1 Å². The summed E-state index contributed by atoms with van der Waals surface area (Å²) in [4.78, 5) is 12.5. The Balaban J connectivity index is 2.11. The largest absolute Gasteiger partial charge is 0.416 e. The molecule has 9 heteroatoms. The summed E-state index contributed by atoms with van der Waals surface area (Å²) in [5, 5.41) is 12.6. The molecule has 0 amide bonds. The molecule has 1 aromatic heterocycles. The van der Waals surface area contributed by atoms with E-state index in [1.54, 1.807) is 0 Å². The van der Waals surface area contributed by atoms with E-state index >= 15 is 0 Å². The van der Waals surface area contributed by atoms with Gasteiger partial charge in [0.2, 0.25) is 11.2 Å². The van der Waals surface area contributed by atoms with Crippen molar-refractivity contribution in [1.82, 2.24) is 15.0 Å². The van der Waals surface area contributed by atoms with Crippen molar-refractivity contribution in [1.29, 1.82) is 0 Å². The molecule has 0 fully saturated rings. The van der Waals surface area contributed by atoms with Crippen molar-refractivity contribution in [3.8, 4) is 0 Å². The summed E-state index contributed by atoms with van der Waals surface area (Å²) in [6, 6.07) is 4.84. The number of hydrogen-bond acceptors (Lipinski definition) is 5. The van der Waals surface area contributed by atoms with Crippen molar-refractivity contribution in [3.63, 3.8) is 0 Å². The van der Waals surface area contributed by atoms with E-state index in [4.69, 9.17) is 11.6 Å². The number of aliphatic hydroxyl groups excluding tert-OH is 1.